The van der Waals surface area contributed by atoms with Crippen LogP contribution in [0.2, 0.25) is 0 Å². The van der Waals surface area contributed by atoms with Gasteiger partial charge in [0.15, 0.2) is 5.78 Å². The summed E-state index contributed by atoms with van der Waals surface area (Å²) in [5, 5.41) is 16.5. The lowest BCUT2D eigenvalue weighted by atomic mass is 9.77. The number of rotatable bonds is 10. The molecule has 240 valence electrons. The molecule has 4 atom stereocenters. The van der Waals surface area contributed by atoms with Crippen molar-refractivity contribution >= 4 is 23.6 Å². The summed E-state index contributed by atoms with van der Waals surface area (Å²) >= 11 is 0. The van der Waals surface area contributed by atoms with Gasteiger partial charge in [-0.1, -0.05) is 86.3 Å². The minimum absolute atomic E-state index is 0.0391. The summed E-state index contributed by atoms with van der Waals surface area (Å²) in [7, 11) is 1.74. The van der Waals surface area contributed by atoms with Crippen molar-refractivity contribution in [2.75, 3.05) is 7.05 Å². The fourth-order valence-corrected chi connectivity index (χ4v) is 6.04. The van der Waals surface area contributed by atoms with Gasteiger partial charge in [-0.05, 0) is 56.7 Å². The number of halogens is 3. The van der Waals surface area contributed by atoms with Crippen LogP contribution in [0.1, 0.15) is 75.5 Å². The largest absolute Gasteiger partial charge is 0.490 e. The van der Waals surface area contributed by atoms with Crippen molar-refractivity contribution in [2.45, 2.75) is 82.6 Å². The van der Waals surface area contributed by atoms with Gasteiger partial charge in [0.2, 0.25) is 11.8 Å². The zero-order valence-electron chi connectivity index (χ0n) is 25.1. The fourth-order valence-electron chi connectivity index (χ4n) is 6.04. The van der Waals surface area contributed by atoms with Crippen molar-refractivity contribution in [1.29, 1.82) is 0 Å². The van der Waals surface area contributed by atoms with E-state index in [1.165, 1.54) is 6.42 Å². The number of carboxylic acid groups (broad SMARTS) is 1. The molecule has 0 heterocycles. The van der Waals surface area contributed by atoms with Gasteiger partial charge in [0.25, 0.3) is 0 Å². The Morgan fingerprint density at radius 2 is 1.27 bits per heavy atom. The highest BCUT2D eigenvalue weighted by atomic mass is 19.4. The van der Waals surface area contributed by atoms with Crippen LogP contribution in [0.4, 0.5) is 13.2 Å². The SMILES string of the molecule is CN[C@@H](C)C(=O)NC(C(=O)C1CCC[C@H]1C(=O)NC(c1ccccc1)c1ccccc1)C1CCCCC1.O=C(O)C(F)(F)F. The zero-order chi connectivity index (χ0) is 32.3. The number of alkyl halides is 3. The van der Waals surface area contributed by atoms with Crippen LogP contribution in [0.3, 0.4) is 0 Å². The highest BCUT2D eigenvalue weighted by molar-refractivity contribution is 5.95. The molecular weight excluding hydrogens is 575 g/mol. The predicted octanol–water partition coefficient (Wildman–Crippen LogP) is 5.18. The first-order valence-corrected chi connectivity index (χ1v) is 15.2. The maximum absolute atomic E-state index is 14.0. The molecule has 0 radical (unpaired) electrons. The van der Waals surface area contributed by atoms with Crippen molar-refractivity contribution < 1.29 is 37.5 Å². The van der Waals surface area contributed by atoms with Gasteiger partial charge in [-0.15, -0.1) is 0 Å². The van der Waals surface area contributed by atoms with Gasteiger partial charge < -0.3 is 21.1 Å². The lowest BCUT2D eigenvalue weighted by Crippen LogP contribution is -2.54. The maximum atomic E-state index is 14.0. The number of likely N-dealkylation sites (N-methyl/N-ethyl adjacent to an activating group) is 1. The molecule has 2 saturated carbocycles. The second-order valence-corrected chi connectivity index (χ2v) is 11.5. The van der Waals surface area contributed by atoms with E-state index in [9.17, 15) is 27.6 Å². The first kappa shape index (κ1) is 34.8. The third kappa shape index (κ3) is 9.64. The average molecular weight is 618 g/mol. The Labute approximate surface area is 256 Å². The smallest absolute Gasteiger partial charge is 0.475 e. The van der Waals surface area contributed by atoms with E-state index in [0.29, 0.717) is 12.8 Å². The highest BCUT2D eigenvalue weighted by Gasteiger charge is 2.43. The van der Waals surface area contributed by atoms with E-state index in [1.54, 1.807) is 14.0 Å². The Bertz CT molecular complexity index is 1200. The molecule has 2 aromatic rings. The molecule has 0 bridgehead atoms. The Balaban J connectivity index is 0.000000676. The van der Waals surface area contributed by atoms with Crippen molar-refractivity contribution in [3.05, 3.63) is 71.8 Å². The summed E-state index contributed by atoms with van der Waals surface area (Å²) in [5.41, 5.74) is 2.02. The molecule has 0 spiro atoms. The number of carbonyl (C=O) groups excluding carboxylic acids is 3. The number of aliphatic carboxylic acids is 1. The van der Waals surface area contributed by atoms with Gasteiger partial charge in [0.1, 0.15) is 0 Å². The normalized spacial score (nSPS) is 20.1. The summed E-state index contributed by atoms with van der Waals surface area (Å²) in [6.45, 7) is 1.80. The number of carbonyl (C=O) groups is 4. The van der Waals surface area contributed by atoms with Gasteiger partial charge in [-0.3, -0.25) is 14.4 Å². The van der Waals surface area contributed by atoms with Gasteiger partial charge in [0, 0.05) is 11.8 Å². The van der Waals surface area contributed by atoms with Crippen molar-refractivity contribution in [3.8, 4) is 0 Å². The summed E-state index contributed by atoms with van der Waals surface area (Å²) < 4.78 is 31.7. The van der Waals surface area contributed by atoms with E-state index >= 15 is 0 Å². The summed E-state index contributed by atoms with van der Waals surface area (Å²) in [5.74, 6) is -3.56. The lowest BCUT2D eigenvalue weighted by molar-refractivity contribution is -0.192. The number of hydrogen-bond acceptors (Lipinski definition) is 5. The second-order valence-electron chi connectivity index (χ2n) is 11.5. The van der Waals surface area contributed by atoms with Gasteiger partial charge in [-0.2, -0.15) is 13.2 Å². The van der Waals surface area contributed by atoms with Crippen molar-refractivity contribution in [2.24, 2.45) is 17.8 Å². The predicted molar refractivity (Wildman–Crippen MR) is 159 cm³/mol. The van der Waals surface area contributed by atoms with Crippen molar-refractivity contribution in [3.63, 3.8) is 0 Å². The Morgan fingerprint density at radius 1 is 0.773 bits per heavy atom. The minimum atomic E-state index is -5.08. The third-order valence-corrected chi connectivity index (χ3v) is 8.56. The lowest BCUT2D eigenvalue weighted by Gasteiger charge is -2.33. The Morgan fingerprint density at radius 3 is 1.75 bits per heavy atom. The molecular formula is C33H42F3N3O5. The molecule has 4 rings (SSSR count). The van der Waals surface area contributed by atoms with E-state index in [4.69, 9.17) is 9.90 Å². The summed E-state index contributed by atoms with van der Waals surface area (Å²) in [4.78, 5) is 49.5. The molecule has 8 nitrogen and oxygen atoms in total. The number of ketones is 1. The van der Waals surface area contributed by atoms with Crippen LogP contribution < -0.4 is 16.0 Å². The molecule has 0 aromatic heterocycles. The summed E-state index contributed by atoms with van der Waals surface area (Å²) in [6, 6.07) is 18.7. The third-order valence-electron chi connectivity index (χ3n) is 8.56. The molecule has 2 aliphatic rings. The van der Waals surface area contributed by atoms with E-state index in [1.807, 2.05) is 60.7 Å². The zero-order valence-corrected chi connectivity index (χ0v) is 25.1. The van der Waals surface area contributed by atoms with Crippen LogP contribution in [0.25, 0.3) is 0 Å². The minimum Gasteiger partial charge on any atom is -0.475 e. The molecule has 0 aliphatic heterocycles. The first-order valence-electron chi connectivity index (χ1n) is 15.2. The van der Waals surface area contributed by atoms with Gasteiger partial charge in [-0.25, -0.2) is 4.79 Å². The van der Waals surface area contributed by atoms with Crippen LogP contribution >= 0.6 is 0 Å². The standard InChI is InChI=1S/C31H41N3O3.C2HF3O2/c1-21(32-2)30(36)34-28(24-17-10-5-11-18-24)29(35)25-19-12-20-26(25)31(37)33-27(22-13-6-3-7-14-22)23-15-8-4-9-16-23;3-2(4,5)1(6)7/h3-4,6-9,13-16,21,24-28,32H,5,10-12,17-20H2,1-2H3,(H,33,37)(H,34,36);(H,6,7)/t21-,25?,26+,28?;/m0./s1. The average Bonchev–Trinajstić information content (AvgIpc) is 3.53. The molecule has 11 heteroatoms. The van der Waals surface area contributed by atoms with Gasteiger partial charge >= 0.3 is 12.1 Å². The molecule has 0 saturated heterocycles. The second kappa shape index (κ2) is 16.4. The number of carboxylic acids is 1. The fraction of sp³-hybridized carbons (Fsp3) is 0.515. The number of benzene rings is 2. The topological polar surface area (TPSA) is 125 Å². The number of amides is 2. The van der Waals surface area contributed by atoms with E-state index in [2.05, 4.69) is 16.0 Å². The number of hydrogen-bond donors (Lipinski definition) is 4. The molecule has 2 amide bonds. The molecule has 2 aliphatic carbocycles. The van der Waals surface area contributed by atoms with E-state index in [0.717, 1.165) is 43.2 Å². The maximum Gasteiger partial charge on any atom is 0.490 e. The summed E-state index contributed by atoms with van der Waals surface area (Å²) in [6.07, 6.45) is 2.36. The molecule has 2 aromatic carbocycles. The molecule has 2 fully saturated rings. The van der Waals surface area contributed by atoms with Crippen LogP contribution in [0, 0.1) is 17.8 Å². The van der Waals surface area contributed by atoms with Crippen LogP contribution in [-0.4, -0.2) is 54.0 Å². The quantitative estimate of drug-likeness (QED) is 0.291. The van der Waals surface area contributed by atoms with E-state index < -0.39 is 18.2 Å². The highest BCUT2D eigenvalue weighted by Crippen LogP contribution is 2.37. The Hall–Kier alpha value is -3.73. The van der Waals surface area contributed by atoms with Crippen LogP contribution in [0.5, 0.6) is 0 Å². The van der Waals surface area contributed by atoms with E-state index in [-0.39, 0.29) is 47.4 Å². The Kier molecular flexibility index (Phi) is 12.9. The van der Waals surface area contributed by atoms with Gasteiger partial charge in [0.05, 0.1) is 18.1 Å². The molecule has 2 unspecified atom stereocenters. The molecule has 44 heavy (non-hydrogen) atoms. The monoisotopic (exact) mass is 617 g/mol. The first-order chi connectivity index (χ1) is 20.9. The number of Topliss-reactive ketones (excluding diaryl/α,β-unsaturated/α-hetero) is 1. The van der Waals surface area contributed by atoms with Crippen LogP contribution in [0.15, 0.2) is 60.7 Å². The molecule has 4 N–H and O–H groups in total. The van der Waals surface area contributed by atoms with Crippen molar-refractivity contribution in [1.82, 2.24) is 16.0 Å². The van der Waals surface area contributed by atoms with Crippen LogP contribution in [-0.2, 0) is 19.2 Å². The number of nitrogens with one attached hydrogen (secondary N) is 3.